The number of carbonyl (C=O) groups excluding carboxylic acids is 1. The average Bonchev–Trinajstić information content (AvgIpc) is 3.35. The van der Waals surface area contributed by atoms with Crippen LogP contribution in [0.2, 0.25) is 0 Å². The number of anilines is 2. The van der Waals surface area contributed by atoms with Crippen molar-refractivity contribution in [3.63, 3.8) is 0 Å². The molecule has 0 fully saturated rings. The first-order valence-electron chi connectivity index (χ1n) is 9.57. The monoisotopic (exact) mass is 435 g/mol. The van der Waals surface area contributed by atoms with E-state index in [1.807, 2.05) is 11.6 Å². The van der Waals surface area contributed by atoms with Crippen LogP contribution in [-0.2, 0) is 19.1 Å². The largest absolute Gasteiger partial charge is 0.416 e. The smallest absolute Gasteiger partial charge is 0.345 e. The molecule has 2 N–H and O–H groups in total. The van der Waals surface area contributed by atoms with Gasteiger partial charge in [0, 0.05) is 23.3 Å². The number of amides is 1. The van der Waals surface area contributed by atoms with Crippen molar-refractivity contribution in [3.05, 3.63) is 58.4 Å². The predicted molar refractivity (Wildman–Crippen MR) is 108 cm³/mol. The van der Waals surface area contributed by atoms with Gasteiger partial charge in [-0.05, 0) is 50.5 Å². The van der Waals surface area contributed by atoms with Gasteiger partial charge in [-0.3, -0.25) is 9.48 Å². The molecule has 1 aliphatic rings. The van der Waals surface area contributed by atoms with E-state index in [1.165, 1.54) is 23.5 Å². The quantitative estimate of drug-likeness (QED) is 0.596. The molecule has 1 atom stereocenters. The van der Waals surface area contributed by atoms with Crippen LogP contribution in [0.15, 0.2) is 36.7 Å². The lowest BCUT2D eigenvalue weighted by atomic mass is 10.1. The fourth-order valence-electron chi connectivity index (χ4n) is 3.37. The Morgan fingerprint density at radius 2 is 1.97 bits per heavy atom. The van der Waals surface area contributed by atoms with E-state index in [2.05, 4.69) is 20.7 Å². The minimum Gasteiger partial charge on any atom is -0.345 e. The van der Waals surface area contributed by atoms with Crippen LogP contribution in [0.5, 0.6) is 0 Å². The Morgan fingerprint density at radius 1 is 1.20 bits per heavy atom. The molecular formula is C20H20F3N5OS. The molecule has 1 unspecified atom stereocenters. The van der Waals surface area contributed by atoms with Gasteiger partial charge in [-0.1, -0.05) is 11.3 Å². The van der Waals surface area contributed by atoms with E-state index < -0.39 is 11.7 Å². The highest BCUT2D eigenvalue weighted by Crippen LogP contribution is 2.31. The van der Waals surface area contributed by atoms with Crippen LogP contribution in [0, 0.1) is 0 Å². The summed E-state index contributed by atoms with van der Waals surface area (Å²) in [7, 11) is 0. The average molecular weight is 435 g/mol. The van der Waals surface area contributed by atoms with Crippen molar-refractivity contribution in [3.8, 4) is 0 Å². The molecule has 0 radical (unpaired) electrons. The van der Waals surface area contributed by atoms with E-state index in [9.17, 15) is 18.0 Å². The van der Waals surface area contributed by atoms with E-state index in [1.54, 1.807) is 12.4 Å². The summed E-state index contributed by atoms with van der Waals surface area (Å²) >= 11 is 1.33. The van der Waals surface area contributed by atoms with Gasteiger partial charge in [-0.25, -0.2) is 4.98 Å². The fraction of sp³-hybridized carbons (Fsp3) is 0.350. The summed E-state index contributed by atoms with van der Waals surface area (Å²) in [4.78, 5) is 17.8. The molecule has 2 aromatic heterocycles. The Kier molecular flexibility index (Phi) is 5.50. The predicted octanol–water partition coefficient (Wildman–Crippen LogP) is 4.93. The summed E-state index contributed by atoms with van der Waals surface area (Å²) < 4.78 is 39.9. The zero-order valence-corrected chi connectivity index (χ0v) is 17.0. The van der Waals surface area contributed by atoms with Gasteiger partial charge in [0.05, 0.1) is 29.1 Å². The third-order valence-electron chi connectivity index (χ3n) is 4.99. The van der Waals surface area contributed by atoms with Crippen molar-refractivity contribution in [2.75, 3.05) is 5.32 Å². The van der Waals surface area contributed by atoms with Crippen molar-refractivity contribution >= 4 is 28.1 Å². The Morgan fingerprint density at radius 3 is 2.70 bits per heavy atom. The van der Waals surface area contributed by atoms with Gasteiger partial charge in [0.2, 0.25) is 0 Å². The number of carbonyl (C=O) groups is 1. The second-order valence-corrected chi connectivity index (χ2v) is 8.21. The maximum Gasteiger partial charge on any atom is 0.416 e. The topological polar surface area (TPSA) is 71.8 Å². The number of hydrogen-bond donors (Lipinski definition) is 2. The lowest BCUT2D eigenvalue weighted by Crippen LogP contribution is -2.27. The van der Waals surface area contributed by atoms with Crippen molar-refractivity contribution in [1.82, 2.24) is 20.1 Å². The summed E-state index contributed by atoms with van der Waals surface area (Å²) in [6, 6.07) is 4.49. The Labute approximate surface area is 175 Å². The number of benzene rings is 1. The molecule has 4 rings (SSSR count). The van der Waals surface area contributed by atoms with Crippen molar-refractivity contribution in [1.29, 1.82) is 0 Å². The highest BCUT2D eigenvalue weighted by atomic mass is 32.1. The molecule has 1 amide bonds. The number of fused-ring (bicyclic) bond motifs is 1. The maximum atomic E-state index is 12.7. The summed E-state index contributed by atoms with van der Waals surface area (Å²) in [5, 5.41) is 10.8. The summed E-state index contributed by atoms with van der Waals surface area (Å²) in [5.74, 6) is -0.170. The molecule has 0 spiro atoms. The zero-order valence-electron chi connectivity index (χ0n) is 16.2. The molecule has 0 bridgehead atoms. The Hall–Kier alpha value is -2.88. The Bertz CT molecular complexity index is 1040. The number of hydrogen-bond acceptors (Lipinski definition) is 5. The first-order chi connectivity index (χ1) is 14.3. The molecule has 6 nitrogen and oxygen atoms in total. The number of alkyl halides is 3. The standard InChI is InChI=1S/C20H20F3N5OS/c1-12(26-18(29)15-10-25-28-9-3-2-4-16(15)28)17-11-24-19(30-17)27-14-7-5-13(6-8-14)20(21,22)23/h5-8,10-12H,2-4,9H2,1H3,(H,24,27)(H,26,29). The first-order valence-corrected chi connectivity index (χ1v) is 10.4. The number of nitrogens with one attached hydrogen (secondary N) is 2. The van der Waals surface area contributed by atoms with Gasteiger partial charge in [0.15, 0.2) is 5.13 Å². The fourth-order valence-corrected chi connectivity index (χ4v) is 4.21. The van der Waals surface area contributed by atoms with E-state index >= 15 is 0 Å². The number of thiazole rings is 1. The van der Waals surface area contributed by atoms with E-state index in [0.29, 0.717) is 16.4 Å². The number of halogens is 3. The summed E-state index contributed by atoms with van der Waals surface area (Å²) in [6.07, 6.45) is 1.87. The molecule has 0 saturated carbocycles. The van der Waals surface area contributed by atoms with E-state index in [4.69, 9.17) is 0 Å². The number of nitrogens with zero attached hydrogens (tertiary/aromatic N) is 3. The number of aryl methyl sites for hydroxylation is 1. The van der Waals surface area contributed by atoms with Crippen LogP contribution in [0.3, 0.4) is 0 Å². The second kappa shape index (κ2) is 8.10. The van der Waals surface area contributed by atoms with Crippen LogP contribution < -0.4 is 10.6 Å². The van der Waals surface area contributed by atoms with Gasteiger partial charge in [-0.2, -0.15) is 18.3 Å². The molecule has 3 aromatic rings. The van der Waals surface area contributed by atoms with Crippen LogP contribution in [0.1, 0.15) is 52.3 Å². The number of aromatic nitrogens is 3. The van der Waals surface area contributed by atoms with Crippen LogP contribution >= 0.6 is 11.3 Å². The third kappa shape index (κ3) is 4.33. The van der Waals surface area contributed by atoms with Gasteiger partial charge in [0.1, 0.15) is 0 Å². The zero-order chi connectivity index (χ0) is 21.3. The third-order valence-corrected chi connectivity index (χ3v) is 6.08. The normalized spacial score (nSPS) is 14.8. The molecule has 0 saturated heterocycles. The summed E-state index contributed by atoms with van der Waals surface area (Å²) in [6.45, 7) is 2.70. The molecule has 0 aliphatic carbocycles. The molecule has 1 aliphatic heterocycles. The summed E-state index contributed by atoms with van der Waals surface area (Å²) in [5.41, 5.74) is 1.38. The molecule has 158 valence electrons. The van der Waals surface area contributed by atoms with Crippen molar-refractivity contribution in [2.24, 2.45) is 0 Å². The van der Waals surface area contributed by atoms with Gasteiger partial charge in [0.25, 0.3) is 5.91 Å². The molecular weight excluding hydrogens is 415 g/mol. The molecule has 10 heteroatoms. The van der Waals surface area contributed by atoms with Crippen LogP contribution in [0.25, 0.3) is 0 Å². The minimum absolute atomic E-state index is 0.170. The minimum atomic E-state index is -4.37. The van der Waals surface area contributed by atoms with E-state index in [-0.39, 0.29) is 11.9 Å². The molecule has 30 heavy (non-hydrogen) atoms. The van der Waals surface area contributed by atoms with Crippen molar-refractivity contribution in [2.45, 2.75) is 44.9 Å². The van der Waals surface area contributed by atoms with E-state index in [0.717, 1.165) is 48.5 Å². The van der Waals surface area contributed by atoms with Crippen LogP contribution in [-0.4, -0.2) is 20.7 Å². The SMILES string of the molecule is CC(NC(=O)c1cnn2c1CCCC2)c1cnc(Nc2ccc(C(F)(F)F)cc2)s1. The molecule has 3 heterocycles. The van der Waals surface area contributed by atoms with Gasteiger partial charge >= 0.3 is 6.18 Å². The lowest BCUT2D eigenvalue weighted by Gasteiger charge is -2.16. The molecule has 1 aromatic carbocycles. The van der Waals surface area contributed by atoms with Crippen molar-refractivity contribution < 1.29 is 18.0 Å². The maximum absolute atomic E-state index is 12.7. The Balaban J connectivity index is 1.40. The van der Waals surface area contributed by atoms with Crippen LogP contribution in [0.4, 0.5) is 24.0 Å². The highest BCUT2D eigenvalue weighted by Gasteiger charge is 2.30. The lowest BCUT2D eigenvalue weighted by molar-refractivity contribution is -0.137. The first kappa shape index (κ1) is 20.4. The van der Waals surface area contributed by atoms with Gasteiger partial charge < -0.3 is 10.6 Å². The van der Waals surface area contributed by atoms with Gasteiger partial charge in [-0.15, -0.1) is 0 Å². The highest BCUT2D eigenvalue weighted by molar-refractivity contribution is 7.15. The second-order valence-electron chi connectivity index (χ2n) is 7.15. The number of rotatable bonds is 5.